The zero-order valence-electron chi connectivity index (χ0n) is 12.5. The van der Waals surface area contributed by atoms with Crippen LogP contribution in [0.1, 0.15) is 37.4 Å². The van der Waals surface area contributed by atoms with Gasteiger partial charge in [-0.25, -0.2) is 9.78 Å². The van der Waals surface area contributed by atoms with E-state index >= 15 is 0 Å². The maximum Gasteiger partial charge on any atom is 0.320 e. The molecule has 0 radical (unpaired) electrons. The van der Waals surface area contributed by atoms with Crippen LogP contribution in [-0.4, -0.2) is 32.6 Å². The van der Waals surface area contributed by atoms with Gasteiger partial charge in [0, 0.05) is 30.8 Å². The normalized spacial score (nSPS) is 10.9. The second-order valence-corrected chi connectivity index (χ2v) is 5.81. The number of carbonyl (C=O) groups excluding carboxylic acids is 1. The van der Waals surface area contributed by atoms with E-state index in [1.54, 1.807) is 22.2 Å². The minimum atomic E-state index is -0.280. The minimum absolute atomic E-state index is 0.280. The van der Waals surface area contributed by atoms with E-state index in [1.807, 2.05) is 12.3 Å². The number of aromatic nitrogens is 4. The average Bonchev–Trinajstić information content (AvgIpc) is 3.07. The summed E-state index contributed by atoms with van der Waals surface area (Å²) >= 11 is 1.66. The molecule has 0 unspecified atom stereocenters. The number of thiazole rings is 1. The van der Waals surface area contributed by atoms with Crippen LogP contribution in [0.5, 0.6) is 0 Å². The molecule has 0 saturated heterocycles. The van der Waals surface area contributed by atoms with Crippen LogP contribution >= 0.6 is 11.3 Å². The first-order chi connectivity index (χ1) is 10.1. The van der Waals surface area contributed by atoms with Crippen LogP contribution in [-0.2, 0) is 13.0 Å². The lowest BCUT2D eigenvalue weighted by Crippen LogP contribution is -2.30. The van der Waals surface area contributed by atoms with Gasteiger partial charge in [-0.1, -0.05) is 19.1 Å². The van der Waals surface area contributed by atoms with Crippen molar-refractivity contribution in [2.45, 2.75) is 39.7 Å². The third-order valence-electron chi connectivity index (χ3n) is 2.83. The molecule has 0 atom stereocenters. The number of aryl methyl sites for hydroxylation is 1. The van der Waals surface area contributed by atoms with Gasteiger partial charge in [0.2, 0.25) is 0 Å². The number of anilines is 1. The van der Waals surface area contributed by atoms with Gasteiger partial charge in [-0.15, -0.1) is 16.4 Å². The molecule has 0 aromatic carbocycles. The number of rotatable bonds is 6. The number of urea groups is 1. The Morgan fingerprint density at radius 3 is 2.90 bits per heavy atom. The molecule has 2 heterocycles. The van der Waals surface area contributed by atoms with Gasteiger partial charge in [-0.2, -0.15) is 0 Å². The Labute approximate surface area is 127 Å². The van der Waals surface area contributed by atoms with E-state index in [9.17, 15) is 4.79 Å². The van der Waals surface area contributed by atoms with Crippen molar-refractivity contribution in [3.05, 3.63) is 22.3 Å². The molecule has 2 aromatic rings. The summed E-state index contributed by atoms with van der Waals surface area (Å²) in [5.74, 6) is 0.895. The highest BCUT2D eigenvalue weighted by molar-refractivity contribution is 7.09. The lowest BCUT2D eigenvalue weighted by Gasteiger charge is -2.03. The van der Waals surface area contributed by atoms with Crippen molar-refractivity contribution in [3.63, 3.8) is 0 Å². The van der Waals surface area contributed by atoms with Crippen molar-refractivity contribution in [1.29, 1.82) is 0 Å². The van der Waals surface area contributed by atoms with Gasteiger partial charge < -0.3 is 5.32 Å². The van der Waals surface area contributed by atoms with Gasteiger partial charge in [0.15, 0.2) is 5.82 Å². The van der Waals surface area contributed by atoms with Crippen molar-refractivity contribution in [1.82, 2.24) is 25.3 Å². The molecule has 2 aromatic heterocycles. The van der Waals surface area contributed by atoms with Crippen molar-refractivity contribution in [2.24, 2.45) is 0 Å². The van der Waals surface area contributed by atoms with Gasteiger partial charge in [-0.3, -0.25) is 10.00 Å². The third kappa shape index (κ3) is 4.52. The van der Waals surface area contributed by atoms with Crippen molar-refractivity contribution in [3.8, 4) is 0 Å². The highest BCUT2D eigenvalue weighted by Crippen LogP contribution is 2.19. The molecule has 0 fully saturated rings. The summed E-state index contributed by atoms with van der Waals surface area (Å²) in [6.45, 7) is 7.46. The van der Waals surface area contributed by atoms with Crippen LogP contribution in [0.15, 0.2) is 11.6 Å². The largest absolute Gasteiger partial charge is 0.337 e. The Morgan fingerprint density at radius 1 is 1.48 bits per heavy atom. The fourth-order valence-corrected chi connectivity index (χ4v) is 2.55. The number of nitrogens with zero attached hydrogens (tertiary/aromatic N) is 4. The van der Waals surface area contributed by atoms with E-state index in [-0.39, 0.29) is 6.03 Å². The van der Waals surface area contributed by atoms with Crippen LogP contribution < -0.4 is 10.6 Å². The molecule has 2 rings (SSSR count). The summed E-state index contributed by atoms with van der Waals surface area (Å²) in [6, 6.07) is -0.280. The lowest BCUT2D eigenvalue weighted by molar-refractivity contribution is 0.252. The minimum Gasteiger partial charge on any atom is -0.337 e. The van der Waals surface area contributed by atoms with Crippen molar-refractivity contribution >= 4 is 23.2 Å². The molecule has 0 aliphatic rings. The van der Waals surface area contributed by atoms with Gasteiger partial charge in [0.05, 0.1) is 16.9 Å². The Hall–Kier alpha value is -1.96. The average molecular weight is 308 g/mol. The van der Waals surface area contributed by atoms with Crippen LogP contribution in [0.4, 0.5) is 10.6 Å². The molecule has 0 aliphatic heterocycles. The number of hydrogen-bond donors (Lipinski definition) is 2. The molecule has 114 valence electrons. The smallest absolute Gasteiger partial charge is 0.320 e. The number of amides is 2. The predicted octanol–water partition coefficient (Wildman–Crippen LogP) is 2.24. The molecule has 8 heteroatoms. The maximum atomic E-state index is 11.7. The summed E-state index contributed by atoms with van der Waals surface area (Å²) in [7, 11) is 0. The highest BCUT2D eigenvalue weighted by Gasteiger charge is 2.07. The van der Waals surface area contributed by atoms with E-state index in [4.69, 9.17) is 0 Å². The SMILES string of the molecule is CCn1cc(NC(=O)NCCc2csc(C(C)C)n2)nn1. The zero-order valence-corrected chi connectivity index (χ0v) is 13.3. The fourth-order valence-electron chi connectivity index (χ4n) is 1.68. The zero-order chi connectivity index (χ0) is 15.2. The van der Waals surface area contributed by atoms with E-state index < -0.39 is 0 Å². The highest BCUT2D eigenvalue weighted by atomic mass is 32.1. The van der Waals surface area contributed by atoms with Gasteiger partial charge in [0.1, 0.15) is 0 Å². The summed E-state index contributed by atoms with van der Waals surface area (Å²) in [4.78, 5) is 16.2. The van der Waals surface area contributed by atoms with Gasteiger partial charge >= 0.3 is 6.03 Å². The molecule has 2 amide bonds. The monoisotopic (exact) mass is 308 g/mol. The van der Waals surface area contributed by atoms with Crippen LogP contribution in [0.2, 0.25) is 0 Å². The molecule has 2 N–H and O–H groups in total. The molecular weight excluding hydrogens is 288 g/mol. The first-order valence-electron chi connectivity index (χ1n) is 6.97. The van der Waals surface area contributed by atoms with E-state index in [0.717, 1.165) is 23.7 Å². The topological polar surface area (TPSA) is 84.7 Å². The van der Waals surface area contributed by atoms with Crippen LogP contribution in [0.3, 0.4) is 0 Å². The van der Waals surface area contributed by atoms with Crippen LogP contribution in [0, 0.1) is 0 Å². The Balaban J connectivity index is 1.73. The number of hydrogen-bond acceptors (Lipinski definition) is 5. The Morgan fingerprint density at radius 2 is 2.29 bits per heavy atom. The second-order valence-electron chi connectivity index (χ2n) is 4.92. The van der Waals surface area contributed by atoms with Gasteiger partial charge in [0.25, 0.3) is 0 Å². The predicted molar refractivity (Wildman–Crippen MR) is 82.6 cm³/mol. The molecule has 0 spiro atoms. The van der Waals surface area contributed by atoms with Crippen molar-refractivity contribution in [2.75, 3.05) is 11.9 Å². The number of carbonyl (C=O) groups is 1. The number of nitrogens with one attached hydrogen (secondary N) is 2. The van der Waals surface area contributed by atoms with Crippen molar-refractivity contribution < 1.29 is 4.79 Å². The Kier molecular flexibility index (Phi) is 5.26. The fraction of sp³-hybridized carbons (Fsp3) is 0.538. The maximum absolute atomic E-state index is 11.7. The third-order valence-corrected chi connectivity index (χ3v) is 4.03. The second kappa shape index (κ2) is 7.16. The molecule has 7 nitrogen and oxygen atoms in total. The Bertz CT molecular complexity index is 591. The molecule has 21 heavy (non-hydrogen) atoms. The van der Waals surface area contributed by atoms with Gasteiger partial charge in [-0.05, 0) is 6.92 Å². The van der Waals surface area contributed by atoms with Crippen LogP contribution in [0.25, 0.3) is 0 Å². The quantitative estimate of drug-likeness (QED) is 0.857. The lowest BCUT2D eigenvalue weighted by atomic mass is 10.2. The molecule has 0 bridgehead atoms. The summed E-state index contributed by atoms with van der Waals surface area (Å²) in [5.41, 5.74) is 1.01. The molecule has 0 aliphatic carbocycles. The molecule has 0 saturated carbocycles. The summed E-state index contributed by atoms with van der Waals surface area (Å²) in [5, 5.41) is 16.3. The summed E-state index contributed by atoms with van der Waals surface area (Å²) < 4.78 is 1.65. The first kappa shape index (κ1) is 15.4. The van der Waals surface area contributed by atoms with E-state index in [1.165, 1.54) is 0 Å². The van der Waals surface area contributed by atoms with E-state index in [2.05, 4.69) is 39.8 Å². The van der Waals surface area contributed by atoms with E-state index in [0.29, 0.717) is 18.3 Å². The first-order valence-corrected chi connectivity index (χ1v) is 7.85. The summed E-state index contributed by atoms with van der Waals surface area (Å²) in [6.07, 6.45) is 2.41. The molecular formula is C13H20N6OS. The standard InChI is InChI=1S/C13H20N6OS/c1-4-19-7-11(17-18-19)16-13(20)14-6-5-10-8-21-12(15-10)9(2)3/h7-9H,4-6H2,1-3H3,(H2,14,16,20).